The maximum absolute atomic E-state index is 5.18. The van der Waals surface area contributed by atoms with Crippen molar-refractivity contribution in [3.63, 3.8) is 0 Å². The smallest absolute Gasteiger partial charge is 0.164 e. The predicted molar refractivity (Wildman–Crippen MR) is 86.8 cm³/mol. The van der Waals surface area contributed by atoms with Crippen LogP contribution in [-0.2, 0) is 13.5 Å². The third kappa shape index (κ3) is 2.70. The zero-order chi connectivity index (χ0) is 15.7. The van der Waals surface area contributed by atoms with E-state index < -0.39 is 0 Å². The van der Waals surface area contributed by atoms with Crippen LogP contribution in [0, 0.1) is 13.8 Å². The Morgan fingerprint density at radius 2 is 2.14 bits per heavy atom. The molecule has 0 bridgehead atoms. The molecule has 0 saturated heterocycles. The lowest BCUT2D eigenvalue weighted by atomic mass is 10.1. The van der Waals surface area contributed by atoms with E-state index in [4.69, 9.17) is 4.52 Å². The van der Waals surface area contributed by atoms with Crippen LogP contribution in [0.1, 0.15) is 23.4 Å². The number of fused-ring (bicyclic) bond motifs is 1. The van der Waals surface area contributed by atoms with Crippen molar-refractivity contribution in [3.8, 4) is 0 Å². The number of nitrogens with one attached hydrogen (secondary N) is 1. The molecule has 0 radical (unpaired) electrons. The van der Waals surface area contributed by atoms with E-state index in [-0.39, 0.29) is 0 Å². The van der Waals surface area contributed by atoms with Gasteiger partial charge in [0, 0.05) is 19.2 Å². The van der Waals surface area contributed by atoms with Gasteiger partial charge < -0.3 is 9.84 Å². The van der Waals surface area contributed by atoms with Crippen LogP contribution in [0.15, 0.2) is 15.5 Å². The van der Waals surface area contributed by atoms with Crippen LogP contribution in [-0.4, -0.2) is 31.4 Å². The Bertz CT molecular complexity index is 790. The molecule has 3 aromatic heterocycles. The van der Waals surface area contributed by atoms with Crippen LogP contribution in [0.2, 0.25) is 0 Å². The van der Waals surface area contributed by atoms with Crippen molar-refractivity contribution < 1.29 is 4.52 Å². The Hall–Kier alpha value is -1.96. The third-order valence-corrected chi connectivity index (χ3v) is 4.21. The molecule has 3 heterocycles. The average molecular weight is 365 g/mol. The van der Waals surface area contributed by atoms with Gasteiger partial charge in [-0.05, 0) is 42.6 Å². The molecule has 0 aliphatic heterocycles. The van der Waals surface area contributed by atoms with Gasteiger partial charge in [0.15, 0.2) is 5.65 Å². The zero-order valence-corrected chi connectivity index (χ0v) is 14.3. The summed E-state index contributed by atoms with van der Waals surface area (Å²) in [6.45, 7) is 4.72. The molecule has 1 N–H and O–H groups in total. The Kier molecular flexibility index (Phi) is 4.10. The normalized spacial score (nSPS) is 11.3. The molecule has 7 nitrogen and oxygen atoms in total. The molecule has 0 saturated carbocycles. The SMILES string of the molecule is Cc1noc(C)c1CCCNc1ncnc2c1c(Br)nn2C. The van der Waals surface area contributed by atoms with Gasteiger partial charge in [-0.3, -0.25) is 0 Å². The number of nitrogens with zero attached hydrogens (tertiary/aromatic N) is 5. The third-order valence-electron chi connectivity index (χ3n) is 3.66. The molecule has 22 heavy (non-hydrogen) atoms. The first-order valence-electron chi connectivity index (χ1n) is 7.06. The summed E-state index contributed by atoms with van der Waals surface area (Å²) >= 11 is 3.46. The molecule has 3 rings (SSSR count). The summed E-state index contributed by atoms with van der Waals surface area (Å²) in [4.78, 5) is 8.57. The molecular weight excluding hydrogens is 348 g/mol. The van der Waals surface area contributed by atoms with Crippen LogP contribution in [0.3, 0.4) is 0 Å². The predicted octanol–water partition coefficient (Wildman–Crippen LogP) is 2.78. The molecule has 0 amide bonds. The second-order valence-corrected chi connectivity index (χ2v) is 5.92. The summed E-state index contributed by atoms with van der Waals surface area (Å²) < 4.78 is 7.66. The fourth-order valence-electron chi connectivity index (χ4n) is 2.51. The van der Waals surface area contributed by atoms with Gasteiger partial charge in [0.25, 0.3) is 0 Å². The first-order valence-corrected chi connectivity index (χ1v) is 7.86. The van der Waals surface area contributed by atoms with Crippen molar-refractivity contribution in [2.45, 2.75) is 26.7 Å². The lowest BCUT2D eigenvalue weighted by Crippen LogP contribution is -2.06. The number of hydrogen-bond acceptors (Lipinski definition) is 6. The maximum Gasteiger partial charge on any atom is 0.164 e. The van der Waals surface area contributed by atoms with Gasteiger partial charge in [0.05, 0.1) is 11.1 Å². The lowest BCUT2D eigenvalue weighted by Gasteiger charge is -2.06. The minimum Gasteiger partial charge on any atom is -0.369 e. The minimum absolute atomic E-state index is 0.749. The molecule has 0 aliphatic rings. The molecule has 0 spiro atoms. The van der Waals surface area contributed by atoms with Gasteiger partial charge in [-0.25, -0.2) is 14.6 Å². The van der Waals surface area contributed by atoms with Gasteiger partial charge in [-0.15, -0.1) is 0 Å². The lowest BCUT2D eigenvalue weighted by molar-refractivity contribution is 0.392. The number of anilines is 1. The summed E-state index contributed by atoms with van der Waals surface area (Å²) in [5.74, 6) is 1.70. The topological polar surface area (TPSA) is 81.7 Å². The van der Waals surface area contributed by atoms with Crippen molar-refractivity contribution in [1.82, 2.24) is 24.9 Å². The standard InChI is InChI=1S/C14H17BrN6O/c1-8-10(9(2)22-20-8)5-4-6-16-13-11-12(15)19-21(3)14(11)18-7-17-13/h7H,4-6H2,1-3H3,(H,16,17,18). The molecule has 3 aromatic rings. The van der Waals surface area contributed by atoms with Crippen LogP contribution >= 0.6 is 15.9 Å². The van der Waals surface area contributed by atoms with Crippen LogP contribution < -0.4 is 5.32 Å². The highest BCUT2D eigenvalue weighted by Crippen LogP contribution is 2.26. The summed E-state index contributed by atoms with van der Waals surface area (Å²) in [5, 5.41) is 12.6. The summed E-state index contributed by atoms with van der Waals surface area (Å²) in [6.07, 6.45) is 3.44. The second-order valence-electron chi connectivity index (χ2n) is 5.17. The second kappa shape index (κ2) is 6.04. The van der Waals surface area contributed by atoms with Gasteiger partial charge in [0.1, 0.15) is 22.5 Å². The number of aryl methyl sites for hydroxylation is 3. The highest BCUT2D eigenvalue weighted by Gasteiger charge is 2.13. The van der Waals surface area contributed by atoms with Crippen molar-refractivity contribution in [1.29, 1.82) is 0 Å². The van der Waals surface area contributed by atoms with E-state index in [0.29, 0.717) is 0 Å². The number of aromatic nitrogens is 5. The van der Waals surface area contributed by atoms with E-state index in [2.05, 4.69) is 41.5 Å². The van der Waals surface area contributed by atoms with Gasteiger partial charge in [0.2, 0.25) is 0 Å². The van der Waals surface area contributed by atoms with Crippen molar-refractivity contribution in [2.24, 2.45) is 7.05 Å². The van der Waals surface area contributed by atoms with Crippen LogP contribution in [0.5, 0.6) is 0 Å². The van der Waals surface area contributed by atoms with Crippen LogP contribution in [0.4, 0.5) is 5.82 Å². The molecule has 0 aromatic carbocycles. The van der Waals surface area contributed by atoms with Gasteiger partial charge in [-0.1, -0.05) is 5.16 Å². The Labute approximate surface area is 136 Å². The van der Waals surface area contributed by atoms with E-state index in [0.717, 1.165) is 52.3 Å². The highest BCUT2D eigenvalue weighted by atomic mass is 79.9. The van der Waals surface area contributed by atoms with E-state index in [1.54, 1.807) is 11.0 Å². The van der Waals surface area contributed by atoms with E-state index in [1.807, 2.05) is 20.9 Å². The molecule has 0 atom stereocenters. The largest absolute Gasteiger partial charge is 0.369 e. The Morgan fingerprint density at radius 1 is 1.32 bits per heavy atom. The molecule has 0 aliphatic carbocycles. The molecule has 0 fully saturated rings. The quantitative estimate of drug-likeness (QED) is 0.701. The molecular formula is C14H17BrN6O. The van der Waals surface area contributed by atoms with Gasteiger partial charge in [-0.2, -0.15) is 5.10 Å². The first kappa shape index (κ1) is 15.0. The minimum atomic E-state index is 0.749. The summed E-state index contributed by atoms with van der Waals surface area (Å²) in [5.41, 5.74) is 2.96. The highest BCUT2D eigenvalue weighted by molar-refractivity contribution is 9.10. The van der Waals surface area contributed by atoms with Crippen molar-refractivity contribution in [2.75, 3.05) is 11.9 Å². The van der Waals surface area contributed by atoms with E-state index >= 15 is 0 Å². The zero-order valence-electron chi connectivity index (χ0n) is 12.7. The number of halogens is 1. The monoisotopic (exact) mass is 364 g/mol. The van der Waals surface area contributed by atoms with E-state index in [9.17, 15) is 0 Å². The fraction of sp³-hybridized carbons (Fsp3) is 0.429. The number of rotatable bonds is 5. The van der Waals surface area contributed by atoms with Crippen LogP contribution in [0.25, 0.3) is 11.0 Å². The first-order chi connectivity index (χ1) is 10.6. The summed E-state index contributed by atoms with van der Waals surface area (Å²) in [7, 11) is 1.86. The summed E-state index contributed by atoms with van der Waals surface area (Å²) in [6, 6.07) is 0. The van der Waals surface area contributed by atoms with E-state index in [1.165, 1.54) is 5.56 Å². The van der Waals surface area contributed by atoms with Crippen molar-refractivity contribution in [3.05, 3.63) is 27.9 Å². The molecule has 8 heteroatoms. The number of hydrogen-bond donors (Lipinski definition) is 1. The Morgan fingerprint density at radius 3 is 2.86 bits per heavy atom. The average Bonchev–Trinajstić information content (AvgIpc) is 2.97. The fourth-order valence-corrected chi connectivity index (χ4v) is 3.11. The Balaban J connectivity index is 1.67. The molecule has 116 valence electrons. The maximum atomic E-state index is 5.18. The van der Waals surface area contributed by atoms with Gasteiger partial charge >= 0.3 is 0 Å². The van der Waals surface area contributed by atoms with Crippen molar-refractivity contribution >= 4 is 32.8 Å². The molecule has 0 unspecified atom stereocenters.